The lowest BCUT2D eigenvalue weighted by Gasteiger charge is -2.33. The van der Waals surface area contributed by atoms with Crippen molar-refractivity contribution in [1.82, 2.24) is 4.98 Å². The third-order valence-corrected chi connectivity index (χ3v) is 3.28. The van der Waals surface area contributed by atoms with Gasteiger partial charge >= 0.3 is 0 Å². The molecular formula is C13H20N2O. The fourth-order valence-electron chi connectivity index (χ4n) is 2.38. The molecule has 0 saturated carbocycles. The molecule has 0 aromatic carbocycles. The molecule has 1 atom stereocenters. The van der Waals surface area contributed by atoms with Crippen LogP contribution in [0.15, 0.2) is 18.3 Å². The number of nitrogens with zero attached hydrogens (tertiary/aromatic N) is 2. The largest absolute Gasteiger partial charge is 0.396 e. The molecule has 2 heterocycles. The summed E-state index contributed by atoms with van der Waals surface area (Å²) in [4.78, 5) is 6.77. The van der Waals surface area contributed by atoms with Crippen LogP contribution in [-0.2, 0) is 0 Å². The number of aryl methyl sites for hydroxylation is 1. The van der Waals surface area contributed by atoms with Gasteiger partial charge in [0.05, 0.1) is 0 Å². The number of piperidine rings is 1. The molecule has 0 radical (unpaired) electrons. The second-order valence-corrected chi connectivity index (χ2v) is 4.66. The van der Waals surface area contributed by atoms with Gasteiger partial charge in [-0.3, -0.25) is 0 Å². The van der Waals surface area contributed by atoms with Gasteiger partial charge in [0.15, 0.2) is 0 Å². The van der Waals surface area contributed by atoms with Gasteiger partial charge in [-0.15, -0.1) is 0 Å². The van der Waals surface area contributed by atoms with Crippen molar-refractivity contribution in [1.29, 1.82) is 0 Å². The van der Waals surface area contributed by atoms with E-state index in [-0.39, 0.29) is 0 Å². The molecule has 88 valence electrons. The number of pyridine rings is 1. The van der Waals surface area contributed by atoms with Gasteiger partial charge in [0, 0.05) is 25.9 Å². The van der Waals surface area contributed by atoms with E-state index in [0.29, 0.717) is 12.5 Å². The average Bonchev–Trinajstić information content (AvgIpc) is 2.30. The molecule has 1 N–H and O–H groups in total. The molecule has 1 unspecified atom stereocenters. The average molecular weight is 220 g/mol. The Morgan fingerprint density at radius 3 is 3.19 bits per heavy atom. The van der Waals surface area contributed by atoms with Crippen molar-refractivity contribution in [3.05, 3.63) is 23.9 Å². The third kappa shape index (κ3) is 2.73. The van der Waals surface area contributed by atoms with Crippen molar-refractivity contribution in [3.63, 3.8) is 0 Å². The van der Waals surface area contributed by atoms with Crippen molar-refractivity contribution >= 4 is 5.82 Å². The third-order valence-electron chi connectivity index (χ3n) is 3.28. The number of aromatic nitrogens is 1. The van der Waals surface area contributed by atoms with E-state index in [1.807, 2.05) is 12.3 Å². The molecule has 0 spiro atoms. The van der Waals surface area contributed by atoms with Gasteiger partial charge < -0.3 is 10.0 Å². The summed E-state index contributed by atoms with van der Waals surface area (Å²) in [7, 11) is 0. The molecule has 16 heavy (non-hydrogen) atoms. The van der Waals surface area contributed by atoms with E-state index in [9.17, 15) is 0 Å². The van der Waals surface area contributed by atoms with Crippen molar-refractivity contribution in [2.75, 3.05) is 24.6 Å². The summed E-state index contributed by atoms with van der Waals surface area (Å²) in [5.74, 6) is 1.71. The maximum absolute atomic E-state index is 8.99. The summed E-state index contributed by atoms with van der Waals surface area (Å²) >= 11 is 0. The molecule has 1 aromatic rings. The fraction of sp³-hybridized carbons (Fsp3) is 0.615. The Labute approximate surface area is 97.1 Å². The highest BCUT2D eigenvalue weighted by Gasteiger charge is 2.20. The van der Waals surface area contributed by atoms with Crippen LogP contribution < -0.4 is 4.90 Å². The van der Waals surface area contributed by atoms with Crippen LogP contribution in [-0.4, -0.2) is 29.8 Å². The molecule has 1 aliphatic heterocycles. The summed E-state index contributed by atoms with van der Waals surface area (Å²) in [6.07, 6.45) is 5.24. The molecule has 0 bridgehead atoms. The fourth-order valence-corrected chi connectivity index (χ4v) is 2.38. The topological polar surface area (TPSA) is 36.4 Å². The Hall–Kier alpha value is -1.09. The number of aliphatic hydroxyl groups is 1. The SMILES string of the molecule is Cc1ccnc(N2CCCC(CCO)C2)c1. The zero-order valence-electron chi connectivity index (χ0n) is 9.89. The van der Waals surface area contributed by atoms with E-state index >= 15 is 0 Å². The molecule has 0 aliphatic carbocycles. The van der Waals surface area contributed by atoms with Crippen LogP contribution in [0, 0.1) is 12.8 Å². The smallest absolute Gasteiger partial charge is 0.128 e. The van der Waals surface area contributed by atoms with Gasteiger partial charge in [-0.25, -0.2) is 4.98 Å². The first-order chi connectivity index (χ1) is 7.79. The molecule has 3 heteroatoms. The summed E-state index contributed by atoms with van der Waals surface area (Å²) in [5, 5.41) is 8.99. The summed E-state index contributed by atoms with van der Waals surface area (Å²) in [5.41, 5.74) is 1.26. The molecular weight excluding hydrogens is 200 g/mol. The maximum Gasteiger partial charge on any atom is 0.128 e. The predicted octanol–water partition coefficient (Wildman–Crippen LogP) is 1.99. The minimum absolute atomic E-state index is 0.305. The number of anilines is 1. The monoisotopic (exact) mass is 220 g/mol. The van der Waals surface area contributed by atoms with Crippen molar-refractivity contribution in [3.8, 4) is 0 Å². The minimum atomic E-state index is 0.305. The molecule has 1 fully saturated rings. The van der Waals surface area contributed by atoms with E-state index in [2.05, 4.69) is 22.9 Å². The molecule has 2 rings (SSSR count). The van der Waals surface area contributed by atoms with E-state index < -0.39 is 0 Å². The quantitative estimate of drug-likeness (QED) is 0.846. The Balaban J connectivity index is 2.03. The van der Waals surface area contributed by atoms with Gasteiger partial charge in [0.25, 0.3) is 0 Å². The van der Waals surface area contributed by atoms with Crippen molar-refractivity contribution < 1.29 is 5.11 Å². The molecule has 1 saturated heterocycles. The van der Waals surface area contributed by atoms with Gasteiger partial charge in [-0.2, -0.15) is 0 Å². The first kappa shape index (κ1) is 11.4. The van der Waals surface area contributed by atoms with Crippen LogP contribution in [0.4, 0.5) is 5.82 Å². The predicted molar refractivity (Wildman–Crippen MR) is 65.6 cm³/mol. The normalized spacial score (nSPS) is 21.1. The number of rotatable bonds is 3. The van der Waals surface area contributed by atoms with Gasteiger partial charge in [-0.05, 0) is 49.8 Å². The maximum atomic E-state index is 8.99. The zero-order chi connectivity index (χ0) is 11.4. The van der Waals surface area contributed by atoms with E-state index in [1.165, 1.54) is 18.4 Å². The number of hydrogen-bond acceptors (Lipinski definition) is 3. The van der Waals surface area contributed by atoms with Crippen LogP contribution in [0.1, 0.15) is 24.8 Å². The Morgan fingerprint density at radius 1 is 1.56 bits per heavy atom. The summed E-state index contributed by atoms with van der Waals surface area (Å²) in [6, 6.07) is 4.17. The second-order valence-electron chi connectivity index (χ2n) is 4.66. The molecule has 1 aromatic heterocycles. The van der Waals surface area contributed by atoms with Gasteiger partial charge in [0.2, 0.25) is 0 Å². The van der Waals surface area contributed by atoms with Crippen LogP contribution in [0.3, 0.4) is 0 Å². The van der Waals surface area contributed by atoms with Gasteiger partial charge in [0.1, 0.15) is 5.82 Å². The van der Waals surface area contributed by atoms with E-state index in [0.717, 1.165) is 25.3 Å². The Morgan fingerprint density at radius 2 is 2.44 bits per heavy atom. The molecule has 0 amide bonds. The summed E-state index contributed by atoms with van der Waals surface area (Å²) in [6.45, 7) is 4.54. The second kappa shape index (κ2) is 5.30. The molecule has 1 aliphatic rings. The zero-order valence-corrected chi connectivity index (χ0v) is 9.89. The Kier molecular flexibility index (Phi) is 3.78. The van der Waals surface area contributed by atoms with Crippen LogP contribution >= 0.6 is 0 Å². The number of hydrogen-bond donors (Lipinski definition) is 1. The highest BCUT2D eigenvalue weighted by atomic mass is 16.3. The highest BCUT2D eigenvalue weighted by Crippen LogP contribution is 2.23. The first-order valence-corrected chi connectivity index (χ1v) is 6.08. The standard InChI is InChI=1S/C13H20N2O/c1-11-4-6-14-13(9-11)15-7-2-3-12(10-15)5-8-16/h4,6,9,12,16H,2-3,5,7-8,10H2,1H3. The summed E-state index contributed by atoms with van der Waals surface area (Å²) < 4.78 is 0. The van der Waals surface area contributed by atoms with E-state index in [1.54, 1.807) is 0 Å². The minimum Gasteiger partial charge on any atom is -0.396 e. The lowest BCUT2D eigenvalue weighted by Crippen LogP contribution is -2.36. The highest BCUT2D eigenvalue weighted by molar-refractivity contribution is 5.41. The van der Waals surface area contributed by atoms with Crippen LogP contribution in [0.2, 0.25) is 0 Å². The lowest BCUT2D eigenvalue weighted by molar-refractivity contribution is 0.244. The Bertz CT molecular complexity index is 338. The van der Waals surface area contributed by atoms with Crippen LogP contribution in [0.25, 0.3) is 0 Å². The van der Waals surface area contributed by atoms with E-state index in [4.69, 9.17) is 5.11 Å². The van der Waals surface area contributed by atoms with Crippen molar-refractivity contribution in [2.45, 2.75) is 26.2 Å². The van der Waals surface area contributed by atoms with Crippen LogP contribution in [0.5, 0.6) is 0 Å². The molecule has 3 nitrogen and oxygen atoms in total. The van der Waals surface area contributed by atoms with Gasteiger partial charge in [-0.1, -0.05) is 0 Å². The number of aliphatic hydroxyl groups excluding tert-OH is 1. The first-order valence-electron chi connectivity index (χ1n) is 6.08. The lowest BCUT2D eigenvalue weighted by atomic mass is 9.95. The van der Waals surface area contributed by atoms with Crippen molar-refractivity contribution in [2.24, 2.45) is 5.92 Å².